The van der Waals surface area contributed by atoms with E-state index < -0.39 is 0 Å². The lowest BCUT2D eigenvalue weighted by atomic mass is 9.79. The summed E-state index contributed by atoms with van der Waals surface area (Å²) in [6, 6.07) is 8.72. The summed E-state index contributed by atoms with van der Waals surface area (Å²) in [6.07, 6.45) is 2.77. The van der Waals surface area contributed by atoms with E-state index in [1.807, 2.05) is 0 Å². The Labute approximate surface area is 178 Å². The molecule has 0 aliphatic carbocycles. The van der Waals surface area contributed by atoms with Crippen molar-refractivity contribution >= 4 is 0 Å². The van der Waals surface area contributed by atoms with Crippen LogP contribution >= 0.6 is 0 Å². The molecule has 0 saturated carbocycles. The second kappa shape index (κ2) is 8.36. The number of hydrogen-bond donors (Lipinski definition) is 1. The van der Waals surface area contributed by atoms with E-state index in [9.17, 15) is 5.11 Å². The molecule has 6 nitrogen and oxygen atoms in total. The lowest BCUT2D eigenvalue weighted by molar-refractivity contribution is -0.955. The Kier molecular flexibility index (Phi) is 5.80. The highest BCUT2D eigenvalue weighted by atomic mass is 16.5. The van der Waals surface area contributed by atoms with E-state index in [1.165, 1.54) is 22.3 Å². The molecule has 0 aromatic heterocycles. The minimum atomic E-state index is 0.170. The molecule has 4 rings (SSSR count). The third-order valence-electron chi connectivity index (χ3n) is 6.84. The number of nitrogens with zero attached hydrogens (tertiary/aromatic N) is 1. The number of hydrogen-bond acceptors (Lipinski definition) is 5. The molecule has 0 spiro atoms. The average molecular weight is 415 g/mol. The molecule has 2 heterocycles. The van der Waals surface area contributed by atoms with Crippen LogP contribution in [0.5, 0.6) is 23.0 Å². The van der Waals surface area contributed by atoms with Crippen molar-refractivity contribution in [1.82, 2.24) is 0 Å². The fraction of sp³-hybridized carbons (Fsp3) is 0.500. The highest BCUT2D eigenvalue weighted by molar-refractivity contribution is 5.55. The van der Waals surface area contributed by atoms with Gasteiger partial charge in [0.25, 0.3) is 0 Å². The zero-order valence-electron chi connectivity index (χ0n) is 18.4. The minimum absolute atomic E-state index is 0.170. The van der Waals surface area contributed by atoms with Gasteiger partial charge in [-0.15, -0.1) is 0 Å². The lowest BCUT2D eigenvalue weighted by Gasteiger charge is -2.51. The van der Waals surface area contributed by atoms with Crippen LogP contribution in [0.2, 0.25) is 0 Å². The van der Waals surface area contributed by atoms with Crippen LogP contribution in [0.25, 0.3) is 0 Å². The van der Waals surface area contributed by atoms with Crippen molar-refractivity contribution < 1.29 is 28.5 Å². The van der Waals surface area contributed by atoms with Crippen LogP contribution in [0, 0.1) is 0 Å². The number of benzene rings is 2. The molecule has 0 atom stereocenters. The van der Waals surface area contributed by atoms with Gasteiger partial charge in [-0.1, -0.05) is 0 Å². The van der Waals surface area contributed by atoms with Gasteiger partial charge in [-0.25, -0.2) is 0 Å². The van der Waals surface area contributed by atoms with Crippen LogP contribution in [0.4, 0.5) is 0 Å². The van der Waals surface area contributed by atoms with Gasteiger partial charge in [0.1, 0.15) is 6.04 Å². The van der Waals surface area contributed by atoms with Crippen molar-refractivity contribution in [2.75, 3.05) is 54.7 Å². The first-order valence-electron chi connectivity index (χ1n) is 10.6. The van der Waals surface area contributed by atoms with Gasteiger partial charge in [0, 0.05) is 37.0 Å². The molecule has 0 bridgehead atoms. The summed E-state index contributed by atoms with van der Waals surface area (Å²) >= 11 is 0. The Morgan fingerprint density at radius 1 is 0.767 bits per heavy atom. The number of ether oxygens (including phenoxy) is 4. The Balaban J connectivity index is 1.93. The molecule has 2 aliphatic rings. The first kappa shape index (κ1) is 20.8. The van der Waals surface area contributed by atoms with Crippen LogP contribution in [-0.4, -0.2) is 64.3 Å². The van der Waals surface area contributed by atoms with Gasteiger partial charge < -0.3 is 28.5 Å². The largest absolute Gasteiger partial charge is 0.493 e. The van der Waals surface area contributed by atoms with Crippen molar-refractivity contribution in [2.45, 2.75) is 25.3 Å². The third-order valence-corrected chi connectivity index (χ3v) is 6.84. The molecule has 0 unspecified atom stereocenters. The highest BCUT2D eigenvalue weighted by Crippen LogP contribution is 2.50. The zero-order valence-corrected chi connectivity index (χ0v) is 18.4. The summed E-state index contributed by atoms with van der Waals surface area (Å²) in [5, 5.41) is 9.59. The standard InChI is InChI=1S/C24H32NO5/c1-27-20-12-16-6-9-25(8-5-11-26)10-7-17-13-21(28-2)23(30-4)15-19(17)24(25)18(16)14-22(20)29-3/h12-15,24,26H,5-11H2,1-4H3/q+1. The van der Waals surface area contributed by atoms with E-state index in [4.69, 9.17) is 18.9 Å². The third kappa shape index (κ3) is 3.28. The Hall–Kier alpha value is -2.44. The SMILES string of the molecule is COc1cc2c(cc1OC)C1c3cc(OC)c(OC)cc3CC[N+]1(CCCO)CC2. The van der Waals surface area contributed by atoms with Gasteiger partial charge in [0.2, 0.25) is 0 Å². The second-order valence-electron chi connectivity index (χ2n) is 8.18. The van der Waals surface area contributed by atoms with Gasteiger partial charge in [0.05, 0.1) is 48.1 Å². The summed E-state index contributed by atoms with van der Waals surface area (Å²) in [4.78, 5) is 0. The fourth-order valence-corrected chi connectivity index (χ4v) is 5.37. The van der Waals surface area contributed by atoms with E-state index >= 15 is 0 Å². The fourth-order valence-electron chi connectivity index (χ4n) is 5.37. The molecular formula is C24H32NO5+. The summed E-state index contributed by atoms with van der Waals surface area (Å²) in [5.74, 6) is 3.06. The summed E-state index contributed by atoms with van der Waals surface area (Å²) < 4.78 is 23.4. The number of fused-ring (bicyclic) bond motifs is 5. The Bertz CT molecular complexity index is 859. The summed E-state index contributed by atoms with van der Waals surface area (Å²) in [5.41, 5.74) is 5.17. The maximum absolute atomic E-state index is 9.59. The Morgan fingerprint density at radius 3 is 1.60 bits per heavy atom. The normalized spacial score (nSPS) is 21.8. The first-order chi connectivity index (χ1) is 14.6. The van der Waals surface area contributed by atoms with Crippen LogP contribution in [0.1, 0.15) is 34.7 Å². The topological polar surface area (TPSA) is 57.2 Å². The molecule has 1 N–H and O–H groups in total. The number of methoxy groups -OCH3 is 4. The first-order valence-corrected chi connectivity index (χ1v) is 10.6. The van der Waals surface area contributed by atoms with E-state index in [2.05, 4.69) is 24.3 Å². The van der Waals surface area contributed by atoms with Crippen molar-refractivity contribution in [3.63, 3.8) is 0 Å². The molecule has 2 aromatic rings. The van der Waals surface area contributed by atoms with Gasteiger partial charge in [-0.05, 0) is 35.4 Å². The van der Waals surface area contributed by atoms with E-state index in [0.29, 0.717) is 0 Å². The number of aliphatic hydroxyl groups excluding tert-OH is 1. The predicted octanol–water partition coefficient (Wildman–Crippen LogP) is 3.12. The van der Waals surface area contributed by atoms with Gasteiger partial charge in [-0.2, -0.15) is 0 Å². The molecule has 2 aliphatic heterocycles. The molecular weight excluding hydrogens is 382 g/mol. The predicted molar refractivity (Wildman–Crippen MR) is 115 cm³/mol. The van der Waals surface area contributed by atoms with Gasteiger partial charge >= 0.3 is 0 Å². The second-order valence-corrected chi connectivity index (χ2v) is 8.18. The van der Waals surface area contributed by atoms with Crippen LogP contribution in [-0.2, 0) is 12.8 Å². The maximum atomic E-state index is 9.59. The summed E-state index contributed by atoms with van der Waals surface area (Å²) in [7, 11) is 6.73. The molecule has 6 heteroatoms. The van der Waals surface area contributed by atoms with E-state index in [0.717, 1.165) is 66.4 Å². The van der Waals surface area contributed by atoms with E-state index in [1.54, 1.807) is 28.4 Å². The zero-order chi connectivity index (χ0) is 21.3. The van der Waals surface area contributed by atoms with E-state index in [-0.39, 0.29) is 12.6 Å². The highest BCUT2D eigenvalue weighted by Gasteiger charge is 2.47. The van der Waals surface area contributed by atoms with Gasteiger partial charge in [0.15, 0.2) is 23.0 Å². The van der Waals surface area contributed by atoms with Crippen LogP contribution < -0.4 is 18.9 Å². The van der Waals surface area contributed by atoms with Crippen molar-refractivity contribution in [3.8, 4) is 23.0 Å². The lowest BCUT2D eigenvalue weighted by Crippen LogP contribution is -2.58. The molecule has 0 radical (unpaired) electrons. The molecule has 0 fully saturated rings. The van der Waals surface area contributed by atoms with Gasteiger partial charge in [-0.3, -0.25) is 0 Å². The minimum Gasteiger partial charge on any atom is -0.493 e. The smallest absolute Gasteiger partial charge is 0.161 e. The van der Waals surface area contributed by atoms with Crippen molar-refractivity contribution in [3.05, 3.63) is 46.5 Å². The Morgan fingerprint density at radius 2 is 1.20 bits per heavy atom. The summed E-state index contributed by atoms with van der Waals surface area (Å²) in [6.45, 7) is 3.24. The van der Waals surface area contributed by atoms with Crippen molar-refractivity contribution in [2.24, 2.45) is 0 Å². The van der Waals surface area contributed by atoms with Crippen LogP contribution in [0.3, 0.4) is 0 Å². The monoisotopic (exact) mass is 414 g/mol. The maximum Gasteiger partial charge on any atom is 0.161 e. The number of quaternary nitrogens is 1. The number of rotatable bonds is 7. The molecule has 0 saturated heterocycles. The molecule has 30 heavy (non-hydrogen) atoms. The van der Waals surface area contributed by atoms with Crippen molar-refractivity contribution in [1.29, 1.82) is 0 Å². The average Bonchev–Trinajstić information content (AvgIpc) is 2.80. The molecule has 2 aromatic carbocycles. The molecule has 162 valence electrons. The van der Waals surface area contributed by atoms with Crippen LogP contribution in [0.15, 0.2) is 24.3 Å². The molecule has 0 amide bonds. The number of aliphatic hydroxyl groups is 1. The quantitative estimate of drug-likeness (QED) is 0.706.